The lowest BCUT2D eigenvalue weighted by Crippen LogP contribution is -2.47. The van der Waals surface area contributed by atoms with Gasteiger partial charge in [-0.1, -0.05) is 25.0 Å². The highest BCUT2D eigenvalue weighted by atomic mass is 16.5. The van der Waals surface area contributed by atoms with Gasteiger partial charge in [-0.15, -0.1) is 0 Å². The van der Waals surface area contributed by atoms with Crippen LogP contribution in [0.5, 0.6) is 5.75 Å². The van der Waals surface area contributed by atoms with E-state index in [9.17, 15) is 4.79 Å². The van der Waals surface area contributed by atoms with Crippen LogP contribution in [0.15, 0.2) is 24.3 Å². The van der Waals surface area contributed by atoms with Gasteiger partial charge in [0.2, 0.25) is 5.78 Å². The number of carbonyl (C=O) groups excluding carboxylic acids is 1. The molecule has 1 aliphatic heterocycles. The van der Waals surface area contributed by atoms with Crippen molar-refractivity contribution in [2.45, 2.75) is 38.5 Å². The summed E-state index contributed by atoms with van der Waals surface area (Å²) >= 11 is 0. The predicted molar refractivity (Wildman–Crippen MR) is 121 cm³/mol. The Morgan fingerprint density at radius 1 is 1.03 bits per heavy atom. The number of methoxy groups -OCH3 is 2. The van der Waals surface area contributed by atoms with Crippen molar-refractivity contribution < 1.29 is 14.3 Å². The molecular weight excluding hydrogens is 378 g/mol. The number of hydrogen-bond acceptors (Lipinski definition) is 6. The summed E-state index contributed by atoms with van der Waals surface area (Å²) in [5.41, 5.74) is 1.45. The van der Waals surface area contributed by atoms with Crippen LogP contribution >= 0.6 is 0 Å². The van der Waals surface area contributed by atoms with Crippen LogP contribution in [0.1, 0.15) is 38.5 Å². The second-order valence-electron chi connectivity index (χ2n) is 8.71. The lowest BCUT2D eigenvalue weighted by atomic mass is 9.78. The second kappa shape index (κ2) is 11.5. The van der Waals surface area contributed by atoms with Crippen LogP contribution in [0.4, 0.5) is 5.69 Å². The minimum atomic E-state index is -0.160. The van der Waals surface area contributed by atoms with Crippen LogP contribution in [-0.2, 0) is 9.53 Å². The van der Waals surface area contributed by atoms with Crippen molar-refractivity contribution in [1.29, 1.82) is 5.41 Å². The van der Waals surface area contributed by atoms with Crippen LogP contribution in [0.2, 0.25) is 0 Å². The molecule has 6 nitrogen and oxygen atoms in total. The van der Waals surface area contributed by atoms with E-state index < -0.39 is 0 Å². The average molecular weight is 416 g/mol. The lowest BCUT2D eigenvalue weighted by molar-refractivity contribution is -0.116. The normalized spacial score (nSPS) is 22.7. The number of nitrogens with one attached hydrogen (secondary N) is 1. The van der Waals surface area contributed by atoms with Crippen molar-refractivity contribution in [2.24, 2.45) is 11.8 Å². The Labute approximate surface area is 181 Å². The van der Waals surface area contributed by atoms with Crippen molar-refractivity contribution >= 4 is 17.2 Å². The van der Waals surface area contributed by atoms with E-state index in [1.807, 2.05) is 12.1 Å². The van der Waals surface area contributed by atoms with Crippen molar-refractivity contribution in [2.75, 3.05) is 58.5 Å². The largest absolute Gasteiger partial charge is 0.495 e. The standard InChI is InChI=1S/C24H37N3O3/c1-29-18-23(28)21(25)17-20-9-7-19(8-10-20)11-12-26-13-15-27(16-14-26)22-5-3-4-6-24(22)30-2/h3-6,19-20,25H,7-18H2,1-2H3. The molecule has 1 saturated heterocycles. The molecule has 3 rings (SSSR count). The first-order chi connectivity index (χ1) is 14.6. The summed E-state index contributed by atoms with van der Waals surface area (Å²) in [4.78, 5) is 16.8. The number of Topliss-reactive ketones (excluding diaryl/α,β-unsaturated/α-hetero) is 1. The summed E-state index contributed by atoms with van der Waals surface area (Å²) in [5.74, 6) is 2.09. The number of benzene rings is 1. The maximum atomic E-state index is 11.7. The third-order valence-corrected chi connectivity index (χ3v) is 6.72. The smallest absolute Gasteiger partial charge is 0.201 e. The molecule has 0 atom stereocenters. The minimum absolute atomic E-state index is 0.0402. The van der Waals surface area contributed by atoms with Gasteiger partial charge in [0.1, 0.15) is 12.4 Å². The van der Waals surface area contributed by atoms with Crippen LogP contribution < -0.4 is 9.64 Å². The molecule has 1 aromatic rings. The number of piperazine rings is 1. The van der Waals surface area contributed by atoms with Gasteiger partial charge in [0, 0.05) is 33.3 Å². The topological polar surface area (TPSA) is 65.9 Å². The van der Waals surface area contributed by atoms with Gasteiger partial charge in [0.05, 0.1) is 18.5 Å². The zero-order valence-corrected chi connectivity index (χ0v) is 18.6. The average Bonchev–Trinajstić information content (AvgIpc) is 2.79. The van der Waals surface area contributed by atoms with E-state index in [4.69, 9.17) is 14.9 Å². The number of hydrogen-bond donors (Lipinski definition) is 1. The molecule has 1 aliphatic carbocycles. The second-order valence-corrected chi connectivity index (χ2v) is 8.71. The van der Waals surface area contributed by atoms with Gasteiger partial charge in [-0.3, -0.25) is 9.69 Å². The van der Waals surface area contributed by atoms with Gasteiger partial charge in [-0.2, -0.15) is 0 Å². The third kappa shape index (κ3) is 6.29. The summed E-state index contributed by atoms with van der Waals surface area (Å²) < 4.78 is 10.4. The first-order valence-electron chi connectivity index (χ1n) is 11.3. The Hall–Kier alpha value is -1.92. The summed E-state index contributed by atoms with van der Waals surface area (Å²) in [6.07, 6.45) is 6.65. The van der Waals surface area contributed by atoms with Gasteiger partial charge >= 0.3 is 0 Å². The maximum Gasteiger partial charge on any atom is 0.201 e. The number of anilines is 1. The van der Waals surface area contributed by atoms with Crippen LogP contribution in [0.25, 0.3) is 0 Å². The zero-order chi connectivity index (χ0) is 21.3. The molecule has 30 heavy (non-hydrogen) atoms. The van der Waals surface area contributed by atoms with E-state index in [1.165, 1.54) is 38.6 Å². The van der Waals surface area contributed by atoms with Crippen LogP contribution in [0, 0.1) is 17.2 Å². The molecular formula is C24H37N3O3. The Morgan fingerprint density at radius 3 is 2.37 bits per heavy atom. The fourth-order valence-corrected chi connectivity index (χ4v) is 4.81. The monoisotopic (exact) mass is 415 g/mol. The first kappa shape index (κ1) is 22.8. The molecule has 1 saturated carbocycles. The minimum Gasteiger partial charge on any atom is -0.495 e. The van der Waals surface area contributed by atoms with Gasteiger partial charge in [0.25, 0.3) is 0 Å². The number of para-hydroxylation sites is 2. The van der Waals surface area contributed by atoms with E-state index in [0.717, 1.165) is 50.7 Å². The molecule has 1 heterocycles. The summed E-state index contributed by atoms with van der Waals surface area (Å²) in [7, 11) is 3.25. The van der Waals surface area contributed by atoms with Crippen molar-refractivity contribution in [3.63, 3.8) is 0 Å². The summed E-state index contributed by atoms with van der Waals surface area (Å²) in [6.45, 7) is 5.52. The van der Waals surface area contributed by atoms with Gasteiger partial charge in [-0.25, -0.2) is 0 Å². The van der Waals surface area contributed by atoms with Crippen molar-refractivity contribution in [3.8, 4) is 5.75 Å². The highest BCUT2D eigenvalue weighted by molar-refractivity contribution is 6.39. The van der Waals surface area contributed by atoms with Gasteiger partial charge in [0.15, 0.2) is 0 Å². The zero-order valence-electron chi connectivity index (χ0n) is 18.6. The Bertz CT molecular complexity index is 693. The van der Waals surface area contributed by atoms with E-state index in [1.54, 1.807) is 7.11 Å². The molecule has 166 valence electrons. The molecule has 1 aromatic carbocycles. The molecule has 2 fully saturated rings. The molecule has 1 N–H and O–H groups in total. The Kier molecular flexibility index (Phi) is 8.70. The Morgan fingerprint density at radius 2 is 1.70 bits per heavy atom. The highest BCUT2D eigenvalue weighted by Gasteiger charge is 2.25. The fraction of sp³-hybridized carbons (Fsp3) is 0.667. The number of nitrogens with zero attached hydrogens (tertiary/aromatic N) is 2. The summed E-state index contributed by atoms with van der Waals surface area (Å²) in [6, 6.07) is 8.28. The van der Waals surface area contributed by atoms with E-state index in [2.05, 4.69) is 21.9 Å². The number of ether oxygens (including phenoxy) is 2. The number of rotatable bonds is 10. The molecule has 0 aromatic heterocycles. The van der Waals surface area contributed by atoms with Crippen LogP contribution in [-0.4, -0.2) is 69.9 Å². The number of ketones is 1. The summed E-state index contributed by atoms with van der Waals surface area (Å²) in [5, 5.41) is 7.96. The quantitative estimate of drug-likeness (QED) is 0.591. The van der Waals surface area contributed by atoms with Gasteiger partial charge in [-0.05, 0) is 56.2 Å². The van der Waals surface area contributed by atoms with E-state index in [-0.39, 0.29) is 18.1 Å². The molecule has 6 heteroatoms. The van der Waals surface area contributed by atoms with Crippen LogP contribution in [0.3, 0.4) is 0 Å². The molecule has 2 aliphatic rings. The first-order valence-corrected chi connectivity index (χ1v) is 11.3. The molecule has 0 radical (unpaired) electrons. The van der Waals surface area contributed by atoms with Crippen molar-refractivity contribution in [1.82, 2.24) is 4.90 Å². The third-order valence-electron chi connectivity index (χ3n) is 6.72. The Balaban J connectivity index is 1.34. The fourth-order valence-electron chi connectivity index (χ4n) is 4.81. The highest BCUT2D eigenvalue weighted by Crippen LogP contribution is 2.33. The maximum absolute atomic E-state index is 11.7. The SMILES string of the molecule is COCC(=O)C(=N)CC1CCC(CCN2CCN(c3ccccc3OC)CC2)CC1. The number of carbonyl (C=O) groups is 1. The molecule has 0 bridgehead atoms. The molecule has 0 amide bonds. The predicted octanol–water partition coefficient (Wildman–Crippen LogP) is 3.64. The van der Waals surface area contributed by atoms with E-state index >= 15 is 0 Å². The lowest BCUT2D eigenvalue weighted by Gasteiger charge is -2.37. The van der Waals surface area contributed by atoms with E-state index in [0.29, 0.717) is 12.3 Å². The molecule has 0 unspecified atom stereocenters. The van der Waals surface area contributed by atoms with Gasteiger partial charge < -0.3 is 19.8 Å². The van der Waals surface area contributed by atoms with Crippen molar-refractivity contribution in [3.05, 3.63) is 24.3 Å². The molecule has 0 spiro atoms.